The Kier molecular flexibility index (Phi) is 7.71. The summed E-state index contributed by atoms with van der Waals surface area (Å²) in [5.41, 5.74) is 11.0. The fourth-order valence-electron chi connectivity index (χ4n) is 8.02. The topological polar surface area (TPSA) is 60.0 Å². The van der Waals surface area contributed by atoms with Gasteiger partial charge in [0.2, 0.25) is 5.95 Å². The second kappa shape index (κ2) is 13.5. The van der Waals surface area contributed by atoms with Gasteiger partial charge in [0.15, 0.2) is 11.6 Å². The zero-order valence-electron chi connectivity index (χ0n) is 30.7. The highest BCUT2D eigenvalue weighted by atomic mass is 16.3. The molecular formula is C51H33N5O. The van der Waals surface area contributed by atoms with Gasteiger partial charge in [-0.25, -0.2) is 4.98 Å². The molecule has 0 amide bonds. The first-order chi connectivity index (χ1) is 28.3. The maximum Gasteiger partial charge on any atom is 0.238 e. The first-order valence-corrected chi connectivity index (χ1v) is 19.0. The Hall–Kier alpha value is -7.83. The lowest BCUT2D eigenvalue weighted by Gasteiger charge is -2.25. The van der Waals surface area contributed by atoms with E-state index in [4.69, 9.17) is 19.4 Å². The molecule has 0 unspecified atom stereocenters. The van der Waals surface area contributed by atoms with Crippen LogP contribution in [0.25, 0.3) is 83.6 Å². The third-order valence-electron chi connectivity index (χ3n) is 10.7. The zero-order valence-corrected chi connectivity index (χ0v) is 30.7. The summed E-state index contributed by atoms with van der Waals surface area (Å²) >= 11 is 0. The molecule has 57 heavy (non-hydrogen) atoms. The second-order valence-corrected chi connectivity index (χ2v) is 14.1. The minimum Gasteiger partial charge on any atom is -0.456 e. The van der Waals surface area contributed by atoms with Gasteiger partial charge in [-0.3, -0.25) is 4.57 Å². The molecule has 0 fully saturated rings. The monoisotopic (exact) mass is 731 g/mol. The molecule has 6 nitrogen and oxygen atoms in total. The van der Waals surface area contributed by atoms with Crippen molar-refractivity contribution in [3.05, 3.63) is 200 Å². The Bertz CT molecular complexity index is 3170. The Balaban J connectivity index is 1.09. The molecule has 3 heterocycles. The summed E-state index contributed by atoms with van der Waals surface area (Å²) < 4.78 is 8.39. The molecule has 0 saturated heterocycles. The summed E-state index contributed by atoms with van der Waals surface area (Å²) in [6.45, 7) is 0. The summed E-state index contributed by atoms with van der Waals surface area (Å²) in [4.78, 5) is 17.6. The Morgan fingerprint density at radius 1 is 0.386 bits per heavy atom. The highest BCUT2D eigenvalue weighted by Gasteiger charge is 2.21. The van der Waals surface area contributed by atoms with Crippen molar-refractivity contribution >= 4 is 60.8 Å². The summed E-state index contributed by atoms with van der Waals surface area (Å²) in [5, 5.41) is 4.45. The van der Waals surface area contributed by atoms with Crippen molar-refractivity contribution < 1.29 is 4.42 Å². The largest absolute Gasteiger partial charge is 0.456 e. The van der Waals surface area contributed by atoms with Gasteiger partial charge in [-0.15, -0.1) is 0 Å². The van der Waals surface area contributed by atoms with E-state index in [1.165, 1.54) is 0 Å². The van der Waals surface area contributed by atoms with E-state index in [0.717, 1.165) is 83.1 Å². The van der Waals surface area contributed by atoms with E-state index in [1.54, 1.807) is 0 Å². The van der Waals surface area contributed by atoms with Crippen molar-refractivity contribution in [2.24, 2.45) is 0 Å². The molecule has 0 spiro atoms. The van der Waals surface area contributed by atoms with E-state index in [-0.39, 0.29) is 0 Å². The molecule has 3 aromatic heterocycles. The zero-order chi connectivity index (χ0) is 37.7. The van der Waals surface area contributed by atoms with Crippen molar-refractivity contribution in [1.82, 2.24) is 19.5 Å². The van der Waals surface area contributed by atoms with Gasteiger partial charge >= 0.3 is 0 Å². The van der Waals surface area contributed by atoms with Gasteiger partial charge in [-0.05, 0) is 60.2 Å². The molecule has 268 valence electrons. The van der Waals surface area contributed by atoms with Crippen LogP contribution in [0.2, 0.25) is 0 Å². The van der Waals surface area contributed by atoms with Crippen LogP contribution in [0.4, 0.5) is 17.1 Å². The SMILES string of the molecule is c1ccc(-c2nc(-c3ccccc3)nc(-n3c4ccccc4c4cccc(-c5ccc(N(c6ccccc6)c6ccc7oc8ccccc8c7c6)cc5)c43)n2)cc1. The third-order valence-corrected chi connectivity index (χ3v) is 10.7. The van der Waals surface area contributed by atoms with E-state index in [1.807, 2.05) is 72.8 Å². The van der Waals surface area contributed by atoms with E-state index in [9.17, 15) is 0 Å². The van der Waals surface area contributed by atoms with Crippen molar-refractivity contribution in [1.29, 1.82) is 0 Å². The fourth-order valence-corrected chi connectivity index (χ4v) is 8.02. The number of nitrogens with zero attached hydrogens (tertiary/aromatic N) is 5. The van der Waals surface area contributed by atoms with Crippen LogP contribution in [0.3, 0.4) is 0 Å². The number of para-hydroxylation sites is 4. The molecule has 0 aliphatic rings. The molecule has 6 heteroatoms. The highest BCUT2D eigenvalue weighted by molar-refractivity contribution is 6.13. The Labute approximate surface area is 328 Å². The van der Waals surface area contributed by atoms with Gasteiger partial charge < -0.3 is 9.32 Å². The molecule has 8 aromatic carbocycles. The summed E-state index contributed by atoms with van der Waals surface area (Å²) in [6, 6.07) is 69.2. The maximum absolute atomic E-state index is 6.19. The molecule has 0 saturated carbocycles. The number of rotatable bonds is 7. The standard InChI is InChI=1S/C51H33N5O/c1-4-15-35(16-5-1)49-52-50(36-17-6-2-7-18-36)54-51(53-49)56-45-25-12-10-21-41(45)43-24-14-23-40(48(43)56)34-27-29-38(30-28-34)55(37-19-8-3-9-20-37)39-31-32-47-44(33-39)42-22-11-13-26-46(42)57-47/h1-33H. The van der Waals surface area contributed by atoms with Crippen LogP contribution in [-0.4, -0.2) is 19.5 Å². The Morgan fingerprint density at radius 3 is 1.67 bits per heavy atom. The average molecular weight is 732 g/mol. The van der Waals surface area contributed by atoms with Crippen LogP contribution in [0.15, 0.2) is 205 Å². The number of hydrogen-bond donors (Lipinski definition) is 0. The number of benzene rings is 8. The van der Waals surface area contributed by atoms with Crippen LogP contribution in [0, 0.1) is 0 Å². The molecular weight excluding hydrogens is 699 g/mol. The number of aromatic nitrogens is 4. The number of hydrogen-bond acceptors (Lipinski definition) is 5. The first kappa shape index (κ1) is 32.6. The third kappa shape index (κ3) is 5.62. The Morgan fingerprint density at radius 2 is 0.947 bits per heavy atom. The van der Waals surface area contributed by atoms with E-state index in [2.05, 4.69) is 137 Å². The maximum atomic E-state index is 6.19. The second-order valence-electron chi connectivity index (χ2n) is 14.1. The number of fused-ring (bicyclic) bond motifs is 6. The molecule has 0 bridgehead atoms. The number of furan rings is 1. The van der Waals surface area contributed by atoms with Crippen LogP contribution in [0.1, 0.15) is 0 Å². The summed E-state index contributed by atoms with van der Waals surface area (Å²) in [5.74, 6) is 1.81. The van der Waals surface area contributed by atoms with Gasteiger partial charge in [-0.1, -0.05) is 146 Å². The minimum absolute atomic E-state index is 0.565. The predicted octanol–water partition coefficient (Wildman–Crippen LogP) is 13.3. The quantitative estimate of drug-likeness (QED) is 0.163. The van der Waals surface area contributed by atoms with Gasteiger partial charge in [0.05, 0.1) is 11.0 Å². The average Bonchev–Trinajstić information content (AvgIpc) is 3.83. The van der Waals surface area contributed by atoms with Crippen LogP contribution >= 0.6 is 0 Å². The molecule has 0 atom stereocenters. The molecule has 11 aromatic rings. The van der Waals surface area contributed by atoms with Gasteiger partial charge in [0.25, 0.3) is 0 Å². The van der Waals surface area contributed by atoms with E-state index >= 15 is 0 Å². The van der Waals surface area contributed by atoms with Gasteiger partial charge in [0, 0.05) is 55.3 Å². The highest BCUT2D eigenvalue weighted by Crippen LogP contribution is 2.41. The van der Waals surface area contributed by atoms with Crippen molar-refractivity contribution in [3.63, 3.8) is 0 Å². The number of anilines is 3. The normalized spacial score (nSPS) is 11.5. The van der Waals surface area contributed by atoms with Crippen molar-refractivity contribution in [3.8, 4) is 39.9 Å². The van der Waals surface area contributed by atoms with Crippen molar-refractivity contribution in [2.75, 3.05) is 4.90 Å². The fraction of sp³-hybridized carbons (Fsp3) is 0. The van der Waals surface area contributed by atoms with Crippen LogP contribution < -0.4 is 4.90 Å². The lowest BCUT2D eigenvalue weighted by Crippen LogP contribution is -2.09. The van der Waals surface area contributed by atoms with E-state index in [0.29, 0.717) is 17.6 Å². The summed E-state index contributed by atoms with van der Waals surface area (Å²) in [6.07, 6.45) is 0. The van der Waals surface area contributed by atoms with E-state index < -0.39 is 0 Å². The van der Waals surface area contributed by atoms with Gasteiger partial charge in [0.1, 0.15) is 11.2 Å². The molecule has 0 aliphatic carbocycles. The predicted molar refractivity (Wildman–Crippen MR) is 232 cm³/mol. The summed E-state index contributed by atoms with van der Waals surface area (Å²) in [7, 11) is 0. The molecule has 0 N–H and O–H groups in total. The van der Waals surface area contributed by atoms with Crippen LogP contribution in [0.5, 0.6) is 0 Å². The van der Waals surface area contributed by atoms with Crippen LogP contribution in [-0.2, 0) is 0 Å². The lowest BCUT2D eigenvalue weighted by molar-refractivity contribution is 0.669. The molecule has 11 rings (SSSR count). The van der Waals surface area contributed by atoms with Crippen molar-refractivity contribution in [2.45, 2.75) is 0 Å². The lowest BCUT2D eigenvalue weighted by atomic mass is 10.0. The molecule has 0 radical (unpaired) electrons. The first-order valence-electron chi connectivity index (χ1n) is 19.0. The smallest absolute Gasteiger partial charge is 0.238 e. The minimum atomic E-state index is 0.565. The van der Waals surface area contributed by atoms with Gasteiger partial charge in [-0.2, -0.15) is 9.97 Å². The molecule has 0 aliphatic heterocycles.